The lowest BCUT2D eigenvalue weighted by molar-refractivity contribution is 0.564. The number of anilines is 1. The molecule has 4 heteroatoms. The molecule has 0 fully saturated rings. The fraction of sp³-hybridized carbons (Fsp3) is 0.188. The fourth-order valence-corrected chi connectivity index (χ4v) is 2.62. The highest BCUT2D eigenvalue weighted by atomic mass is 19.1. The number of hydrogen-bond acceptors (Lipinski definition) is 2. The monoisotopic (exact) mass is 270 g/mol. The van der Waals surface area contributed by atoms with Gasteiger partial charge in [0.05, 0.1) is 11.6 Å². The lowest BCUT2D eigenvalue weighted by Gasteiger charge is -2.31. The smallest absolute Gasteiger partial charge is 0.150 e. The van der Waals surface area contributed by atoms with Crippen molar-refractivity contribution in [2.24, 2.45) is 0 Å². The van der Waals surface area contributed by atoms with Gasteiger partial charge < -0.3 is 4.90 Å². The van der Waals surface area contributed by atoms with Gasteiger partial charge in [-0.2, -0.15) is 5.26 Å². The van der Waals surface area contributed by atoms with E-state index in [4.69, 9.17) is 5.26 Å². The summed E-state index contributed by atoms with van der Waals surface area (Å²) in [5.41, 5.74) is 2.26. The van der Waals surface area contributed by atoms with Gasteiger partial charge in [0.2, 0.25) is 0 Å². The molecule has 0 N–H and O–H groups in total. The molecule has 2 aromatic rings. The van der Waals surface area contributed by atoms with Gasteiger partial charge in [0, 0.05) is 13.1 Å². The van der Waals surface area contributed by atoms with Gasteiger partial charge in [-0.15, -0.1) is 0 Å². The number of fused-ring (bicyclic) bond motifs is 1. The van der Waals surface area contributed by atoms with Crippen LogP contribution in [-0.4, -0.2) is 6.54 Å². The third-order valence-corrected chi connectivity index (χ3v) is 3.59. The van der Waals surface area contributed by atoms with E-state index in [0.29, 0.717) is 13.1 Å². The van der Waals surface area contributed by atoms with Crippen molar-refractivity contribution < 1.29 is 8.78 Å². The van der Waals surface area contributed by atoms with Crippen molar-refractivity contribution in [3.05, 3.63) is 64.7 Å². The van der Waals surface area contributed by atoms with E-state index in [1.807, 2.05) is 24.3 Å². The zero-order valence-corrected chi connectivity index (χ0v) is 10.7. The molecule has 0 unspecified atom stereocenters. The van der Waals surface area contributed by atoms with Crippen LogP contribution in [0, 0.1) is 23.0 Å². The maximum atomic E-state index is 14.0. The summed E-state index contributed by atoms with van der Waals surface area (Å²) >= 11 is 0. The number of halogens is 2. The van der Waals surface area contributed by atoms with Gasteiger partial charge in [-0.05, 0) is 29.7 Å². The molecule has 0 radical (unpaired) electrons. The van der Waals surface area contributed by atoms with E-state index in [0.717, 1.165) is 24.1 Å². The van der Waals surface area contributed by atoms with E-state index >= 15 is 0 Å². The molecule has 1 heterocycles. The van der Waals surface area contributed by atoms with Gasteiger partial charge in [-0.25, -0.2) is 8.78 Å². The average Bonchev–Trinajstić information content (AvgIpc) is 2.46. The first-order valence-corrected chi connectivity index (χ1v) is 6.40. The van der Waals surface area contributed by atoms with E-state index in [9.17, 15) is 8.78 Å². The lowest BCUT2D eigenvalue weighted by atomic mass is 9.99. The summed E-state index contributed by atoms with van der Waals surface area (Å²) in [6.45, 7) is 1.05. The molecule has 3 rings (SSSR count). The van der Waals surface area contributed by atoms with Crippen LogP contribution in [0.2, 0.25) is 0 Å². The largest absolute Gasteiger partial charge is 0.362 e. The standard InChI is InChI=1S/C16H12F2N2/c17-14-7-11(9-19)8-15(18)16(14)20-6-5-12-3-1-2-4-13(12)10-20/h1-4,7-8H,5-6,10H2. The second kappa shape index (κ2) is 4.93. The van der Waals surface area contributed by atoms with Crippen LogP contribution in [0.3, 0.4) is 0 Å². The Morgan fingerprint density at radius 1 is 1.05 bits per heavy atom. The van der Waals surface area contributed by atoms with E-state index < -0.39 is 11.6 Å². The Kier molecular flexibility index (Phi) is 3.11. The second-order valence-electron chi connectivity index (χ2n) is 4.84. The van der Waals surface area contributed by atoms with Gasteiger partial charge in [0.1, 0.15) is 5.69 Å². The summed E-state index contributed by atoms with van der Waals surface area (Å²) in [7, 11) is 0. The molecule has 2 aromatic carbocycles. The van der Waals surface area contributed by atoms with Crippen molar-refractivity contribution in [3.8, 4) is 6.07 Å². The van der Waals surface area contributed by atoms with Crippen molar-refractivity contribution >= 4 is 5.69 Å². The van der Waals surface area contributed by atoms with E-state index in [-0.39, 0.29) is 11.3 Å². The van der Waals surface area contributed by atoms with Crippen LogP contribution >= 0.6 is 0 Å². The number of hydrogen-bond donors (Lipinski definition) is 0. The molecular weight excluding hydrogens is 258 g/mol. The van der Waals surface area contributed by atoms with Gasteiger partial charge in [-0.1, -0.05) is 24.3 Å². The third kappa shape index (κ3) is 2.12. The van der Waals surface area contributed by atoms with Crippen LogP contribution < -0.4 is 4.90 Å². The molecule has 0 aliphatic carbocycles. The van der Waals surface area contributed by atoms with E-state index in [1.54, 1.807) is 11.0 Å². The molecule has 2 nitrogen and oxygen atoms in total. The molecule has 0 atom stereocenters. The molecule has 1 aliphatic heterocycles. The summed E-state index contributed by atoms with van der Waals surface area (Å²) in [4.78, 5) is 1.69. The number of benzene rings is 2. The minimum absolute atomic E-state index is 0.00107. The Morgan fingerprint density at radius 2 is 1.70 bits per heavy atom. The normalized spacial score (nSPS) is 13.8. The average molecular weight is 270 g/mol. The van der Waals surface area contributed by atoms with Crippen molar-refractivity contribution in [3.63, 3.8) is 0 Å². The molecule has 1 aliphatic rings. The Bertz CT molecular complexity index is 681. The summed E-state index contributed by atoms with van der Waals surface area (Å²) < 4.78 is 28.1. The minimum Gasteiger partial charge on any atom is -0.362 e. The summed E-state index contributed by atoms with van der Waals surface area (Å²) in [5.74, 6) is -1.36. The number of nitrogens with zero attached hydrogens (tertiary/aromatic N) is 2. The molecule has 0 aromatic heterocycles. The molecule has 0 saturated heterocycles. The van der Waals surface area contributed by atoms with E-state index in [1.165, 1.54) is 5.56 Å². The highest BCUT2D eigenvalue weighted by Gasteiger charge is 2.22. The quantitative estimate of drug-likeness (QED) is 0.794. The van der Waals surface area contributed by atoms with Crippen LogP contribution in [0.15, 0.2) is 36.4 Å². The van der Waals surface area contributed by atoms with Crippen LogP contribution in [0.4, 0.5) is 14.5 Å². The van der Waals surface area contributed by atoms with Crippen molar-refractivity contribution in [1.82, 2.24) is 0 Å². The Labute approximate surface area is 115 Å². The molecule has 0 amide bonds. The third-order valence-electron chi connectivity index (χ3n) is 3.59. The maximum absolute atomic E-state index is 14.0. The SMILES string of the molecule is N#Cc1cc(F)c(N2CCc3ccccc3C2)c(F)c1. The first kappa shape index (κ1) is 12.6. The molecule has 0 bridgehead atoms. The van der Waals surface area contributed by atoms with Gasteiger partial charge in [-0.3, -0.25) is 0 Å². The van der Waals surface area contributed by atoms with Crippen LogP contribution in [-0.2, 0) is 13.0 Å². The predicted octanol–water partition coefficient (Wildman–Crippen LogP) is 3.40. The van der Waals surface area contributed by atoms with E-state index in [2.05, 4.69) is 0 Å². The van der Waals surface area contributed by atoms with Crippen molar-refractivity contribution in [2.45, 2.75) is 13.0 Å². The molecule has 100 valence electrons. The lowest BCUT2D eigenvalue weighted by Crippen LogP contribution is -2.31. The highest BCUT2D eigenvalue weighted by molar-refractivity contribution is 5.54. The molecular formula is C16H12F2N2. The van der Waals surface area contributed by atoms with Crippen LogP contribution in [0.1, 0.15) is 16.7 Å². The summed E-state index contributed by atoms with van der Waals surface area (Å²) in [6.07, 6.45) is 0.759. The first-order chi connectivity index (χ1) is 9.69. The van der Waals surface area contributed by atoms with Gasteiger partial charge in [0.25, 0.3) is 0 Å². The van der Waals surface area contributed by atoms with Crippen LogP contribution in [0.5, 0.6) is 0 Å². The molecule has 0 spiro atoms. The second-order valence-corrected chi connectivity index (χ2v) is 4.84. The van der Waals surface area contributed by atoms with Crippen LogP contribution in [0.25, 0.3) is 0 Å². The summed E-state index contributed by atoms with van der Waals surface area (Å²) in [5, 5.41) is 8.72. The van der Waals surface area contributed by atoms with Crippen molar-refractivity contribution in [2.75, 3.05) is 11.4 Å². The van der Waals surface area contributed by atoms with Gasteiger partial charge >= 0.3 is 0 Å². The Balaban J connectivity index is 1.98. The minimum atomic E-state index is -0.680. The first-order valence-electron chi connectivity index (χ1n) is 6.40. The summed E-state index contributed by atoms with van der Waals surface area (Å²) in [6, 6.07) is 11.8. The fourth-order valence-electron chi connectivity index (χ4n) is 2.62. The Morgan fingerprint density at radius 3 is 2.35 bits per heavy atom. The number of rotatable bonds is 1. The molecule has 0 saturated carbocycles. The number of nitriles is 1. The zero-order valence-electron chi connectivity index (χ0n) is 10.7. The van der Waals surface area contributed by atoms with Gasteiger partial charge in [0.15, 0.2) is 11.6 Å². The molecule has 20 heavy (non-hydrogen) atoms. The highest BCUT2D eigenvalue weighted by Crippen LogP contribution is 2.29. The van der Waals surface area contributed by atoms with Crippen molar-refractivity contribution in [1.29, 1.82) is 5.26 Å². The predicted molar refractivity (Wildman–Crippen MR) is 72.3 cm³/mol. The zero-order chi connectivity index (χ0) is 14.1. The topological polar surface area (TPSA) is 27.0 Å². The maximum Gasteiger partial charge on any atom is 0.150 e. The Hall–Kier alpha value is -2.41.